The Morgan fingerprint density at radius 2 is 1.78 bits per heavy atom. The standard InChI is InChI=1S/C24H30N6O2/c1-16-6-8-20(9-7-16)30-18(3)21-17(2)25-26-23(22(21)27-30)29-10-4-5-19(15-29)24(31)28-11-13-32-14-12-28/h6-9,19H,4-5,10-15H2,1-3H3. The highest BCUT2D eigenvalue weighted by molar-refractivity contribution is 5.92. The van der Waals surface area contributed by atoms with Crippen LogP contribution in [0.15, 0.2) is 24.3 Å². The Morgan fingerprint density at radius 3 is 2.53 bits per heavy atom. The first-order chi connectivity index (χ1) is 15.5. The minimum absolute atomic E-state index is 0.0275. The number of nitrogens with zero attached hydrogens (tertiary/aromatic N) is 6. The molecular formula is C24H30N6O2. The van der Waals surface area contributed by atoms with E-state index in [2.05, 4.69) is 53.2 Å². The van der Waals surface area contributed by atoms with Crippen LogP contribution >= 0.6 is 0 Å². The maximum Gasteiger partial charge on any atom is 0.227 e. The van der Waals surface area contributed by atoms with Gasteiger partial charge in [0.1, 0.15) is 5.52 Å². The summed E-state index contributed by atoms with van der Waals surface area (Å²) in [7, 11) is 0. The number of carbonyl (C=O) groups is 1. The number of amides is 1. The van der Waals surface area contributed by atoms with Crippen molar-refractivity contribution >= 4 is 22.6 Å². The van der Waals surface area contributed by atoms with Crippen LogP contribution in [-0.4, -0.2) is 70.2 Å². The topological polar surface area (TPSA) is 76.4 Å². The molecular weight excluding hydrogens is 404 g/mol. The predicted octanol–water partition coefficient (Wildman–Crippen LogP) is 2.82. The first-order valence-corrected chi connectivity index (χ1v) is 11.4. The number of benzene rings is 1. The van der Waals surface area contributed by atoms with Crippen LogP contribution in [0, 0.1) is 26.7 Å². The highest BCUT2D eigenvalue weighted by atomic mass is 16.5. The first-order valence-electron chi connectivity index (χ1n) is 11.4. The number of piperidine rings is 1. The quantitative estimate of drug-likeness (QED) is 0.631. The van der Waals surface area contributed by atoms with Gasteiger partial charge in [0, 0.05) is 26.2 Å². The van der Waals surface area contributed by atoms with Gasteiger partial charge in [0.15, 0.2) is 5.82 Å². The summed E-state index contributed by atoms with van der Waals surface area (Å²) in [5.41, 5.74) is 5.02. The molecule has 0 radical (unpaired) electrons. The Kier molecular flexibility index (Phi) is 5.55. The minimum atomic E-state index is -0.0275. The van der Waals surface area contributed by atoms with Crippen molar-refractivity contribution in [2.75, 3.05) is 44.3 Å². The van der Waals surface area contributed by atoms with E-state index in [1.807, 2.05) is 16.5 Å². The van der Waals surface area contributed by atoms with E-state index in [0.29, 0.717) is 32.8 Å². The molecule has 2 aliphatic heterocycles. The van der Waals surface area contributed by atoms with Crippen molar-refractivity contribution < 1.29 is 9.53 Å². The maximum absolute atomic E-state index is 13.1. The highest BCUT2D eigenvalue weighted by Crippen LogP contribution is 2.32. The van der Waals surface area contributed by atoms with Crippen LogP contribution in [0.5, 0.6) is 0 Å². The van der Waals surface area contributed by atoms with Crippen LogP contribution < -0.4 is 4.90 Å². The zero-order valence-electron chi connectivity index (χ0n) is 19.0. The SMILES string of the molecule is Cc1ccc(-n2nc3c(N4CCCC(C(=O)N5CCOCC5)C4)nnc(C)c3c2C)cc1. The average molecular weight is 435 g/mol. The van der Waals surface area contributed by atoms with Gasteiger partial charge in [-0.05, 0) is 45.7 Å². The summed E-state index contributed by atoms with van der Waals surface area (Å²) in [4.78, 5) is 17.3. The molecule has 0 bridgehead atoms. The molecule has 8 nitrogen and oxygen atoms in total. The van der Waals surface area contributed by atoms with E-state index in [0.717, 1.165) is 53.2 Å². The smallest absolute Gasteiger partial charge is 0.227 e. The molecule has 2 fully saturated rings. The molecule has 1 atom stereocenters. The number of hydrogen-bond donors (Lipinski definition) is 0. The fourth-order valence-corrected chi connectivity index (χ4v) is 4.88. The van der Waals surface area contributed by atoms with Crippen LogP contribution in [0.3, 0.4) is 0 Å². The second-order valence-corrected chi connectivity index (χ2v) is 8.89. The Bertz CT molecular complexity index is 1130. The predicted molar refractivity (Wildman–Crippen MR) is 123 cm³/mol. The fraction of sp³-hybridized carbons (Fsp3) is 0.500. The molecule has 3 aromatic rings. The van der Waals surface area contributed by atoms with E-state index >= 15 is 0 Å². The molecule has 2 aromatic heterocycles. The van der Waals surface area contributed by atoms with Crippen LogP contribution in [0.2, 0.25) is 0 Å². The van der Waals surface area contributed by atoms with Gasteiger partial charge in [0.05, 0.1) is 41.6 Å². The number of ether oxygens (including phenoxy) is 1. The summed E-state index contributed by atoms with van der Waals surface area (Å²) in [6, 6.07) is 8.36. The normalized spacial score (nSPS) is 19.5. The number of rotatable bonds is 3. The van der Waals surface area contributed by atoms with Gasteiger partial charge < -0.3 is 14.5 Å². The van der Waals surface area contributed by atoms with E-state index in [4.69, 9.17) is 9.84 Å². The van der Waals surface area contributed by atoms with Crippen molar-refractivity contribution in [3.8, 4) is 5.69 Å². The molecule has 0 spiro atoms. The van der Waals surface area contributed by atoms with Crippen molar-refractivity contribution in [1.82, 2.24) is 24.9 Å². The maximum atomic E-state index is 13.1. The summed E-state index contributed by atoms with van der Waals surface area (Å²) in [5.74, 6) is 0.981. The third-order valence-corrected chi connectivity index (χ3v) is 6.66. The van der Waals surface area contributed by atoms with Gasteiger partial charge in [0.25, 0.3) is 0 Å². The molecule has 2 saturated heterocycles. The van der Waals surface area contributed by atoms with Crippen LogP contribution in [0.4, 0.5) is 5.82 Å². The van der Waals surface area contributed by atoms with Gasteiger partial charge in [-0.25, -0.2) is 4.68 Å². The number of aryl methyl sites for hydroxylation is 3. The molecule has 32 heavy (non-hydrogen) atoms. The third-order valence-electron chi connectivity index (χ3n) is 6.66. The lowest BCUT2D eigenvalue weighted by Gasteiger charge is -2.36. The van der Waals surface area contributed by atoms with E-state index < -0.39 is 0 Å². The highest BCUT2D eigenvalue weighted by Gasteiger charge is 2.32. The fourth-order valence-electron chi connectivity index (χ4n) is 4.88. The zero-order chi connectivity index (χ0) is 22.2. The summed E-state index contributed by atoms with van der Waals surface area (Å²) < 4.78 is 7.39. The lowest BCUT2D eigenvalue weighted by Crippen LogP contribution is -2.48. The van der Waals surface area contributed by atoms with Gasteiger partial charge in [-0.15, -0.1) is 5.10 Å². The van der Waals surface area contributed by atoms with Crippen molar-refractivity contribution in [1.29, 1.82) is 0 Å². The number of aromatic nitrogens is 4. The Hall–Kier alpha value is -3.00. The zero-order valence-corrected chi connectivity index (χ0v) is 19.0. The molecule has 4 heterocycles. The van der Waals surface area contributed by atoms with Crippen molar-refractivity contribution in [2.45, 2.75) is 33.6 Å². The second kappa shape index (κ2) is 8.50. The molecule has 2 aliphatic rings. The minimum Gasteiger partial charge on any atom is -0.378 e. The van der Waals surface area contributed by atoms with Crippen molar-refractivity contribution in [2.24, 2.45) is 5.92 Å². The largest absolute Gasteiger partial charge is 0.378 e. The molecule has 8 heteroatoms. The molecule has 0 N–H and O–H groups in total. The van der Waals surface area contributed by atoms with Gasteiger partial charge in [0.2, 0.25) is 5.91 Å². The summed E-state index contributed by atoms with van der Waals surface area (Å²) in [5, 5.41) is 15.0. The van der Waals surface area contributed by atoms with E-state index in [9.17, 15) is 4.79 Å². The second-order valence-electron chi connectivity index (χ2n) is 8.89. The molecule has 168 valence electrons. The Morgan fingerprint density at radius 1 is 1.03 bits per heavy atom. The van der Waals surface area contributed by atoms with Crippen molar-refractivity contribution in [3.05, 3.63) is 41.2 Å². The molecule has 5 rings (SSSR count). The summed E-state index contributed by atoms with van der Waals surface area (Å²) in [6.45, 7) is 10.3. The summed E-state index contributed by atoms with van der Waals surface area (Å²) >= 11 is 0. The number of fused-ring (bicyclic) bond motifs is 1. The van der Waals surface area contributed by atoms with E-state index in [-0.39, 0.29) is 11.8 Å². The number of hydrogen-bond acceptors (Lipinski definition) is 6. The number of morpholine rings is 1. The first kappa shape index (κ1) is 20.9. The molecule has 1 unspecified atom stereocenters. The van der Waals surface area contributed by atoms with E-state index in [1.54, 1.807) is 0 Å². The van der Waals surface area contributed by atoms with Gasteiger partial charge in [-0.1, -0.05) is 17.7 Å². The molecule has 0 saturated carbocycles. The van der Waals surface area contributed by atoms with Crippen LogP contribution in [0.25, 0.3) is 16.6 Å². The van der Waals surface area contributed by atoms with Crippen LogP contribution in [0.1, 0.15) is 29.8 Å². The van der Waals surface area contributed by atoms with Gasteiger partial charge in [-0.2, -0.15) is 10.2 Å². The van der Waals surface area contributed by atoms with Gasteiger partial charge in [-0.3, -0.25) is 4.79 Å². The third kappa shape index (κ3) is 3.72. The lowest BCUT2D eigenvalue weighted by molar-refractivity contribution is -0.139. The van der Waals surface area contributed by atoms with E-state index in [1.165, 1.54) is 5.56 Å². The van der Waals surface area contributed by atoms with Crippen LogP contribution in [-0.2, 0) is 9.53 Å². The number of carbonyl (C=O) groups excluding carboxylic acids is 1. The Balaban J connectivity index is 1.48. The molecule has 1 aromatic carbocycles. The number of anilines is 1. The summed E-state index contributed by atoms with van der Waals surface area (Å²) in [6.07, 6.45) is 1.86. The Labute approximate surface area is 188 Å². The molecule has 1 amide bonds. The molecule has 0 aliphatic carbocycles. The van der Waals surface area contributed by atoms with Gasteiger partial charge >= 0.3 is 0 Å². The van der Waals surface area contributed by atoms with Crippen molar-refractivity contribution in [3.63, 3.8) is 0 Å². The lowest BCUT2D eigenvalue weighted by atomic mass is 9.96. The average Bonchev–Trinajstić information content (AvgIpc) is 3.18. The monoisotopic (exact) mass is 434 g/mol.